The van der Waals surface area contributed by atoms with Crippen LogP contribution in [0.3, 0.4) is 0 Å². The summed E-state index contributed by atoms with van der Waals surface area (Å²) in [7, 11) is 0. The minimum absolute atomic E-state index is 0.158. The summed E-state index contributed by atoms with van der Waals surface area (Å²) in [5.41, 5.74) is -1.38. The molecule has 3 amide bonds. The second kappa shape index (κ2) is 6.50. The summed E-state index contributed by atoms with van der Waals surface area (Å²) in [4.78, 5) is 56.1. The Labute approximate surface area is 171 Å². The molecule has 4 rings (SSSR count). The molecule has 0 radical (unpaired) electrons. The van der Waals surface area contributed by atoms with Crippen molar-refractivity contribution in [1.82, 2.24) is 14.3 Å². The number of hydrogen-bond acceptors (Lipinski definition) is 7. The van der Waals surface area contributed by atoms with Crippen LogP contribution >= 0.6 is 34.7 Å². The maximum Gasteiger partial charge on any atom is 0.323 e. The van der Waals surface area contributed by atoms with Gasteiger partial charge in [0.15, 0.2) is 11.2 Å². The Morgan fingerprint density at radius 1 is 1.21 bits per heavy atom. The molecule has 0 aliphatic carbocycles. The Morgan fingerprint density at radius 2 is 1.93 bits per heavy atom. The van der Waals surface area contributed by atoms with Gasteiger partial charge in [0.1, 0.15) is 6.54 Å². The molecule has 1 aromatic carbocycles. The highest BCUT2D eigenvalue weighted by Gasteiger charge is 2.64. The number of nitrogens with zero attached hydrogens (tertiary/aromatic N) is 4. The van der Waals surface area contributed by atoms with E-state index in [1.54, 1.807) is 0 Å². The number of aliphatic carboxylic acids is 1. The van der Waals surface area contributed by atoms with E-state index in [9.17, 15) is 19.2 Å². The number of likely N-dealkylation sites (tertiary alicyclic amines) is 1. The zero-order valence-electron chi connectivity index (χ0n) is 13.9. The number of aromatic nitrogens is 2. The predicted molar refractivity (Wildman–Crippen MR) is 98.2 cm³/mol. The van der Waals surface area contributed by atoms with Gasteiger partial charge in [-0.15, -0.1) is 0 Å². The van der Waals surface area contributed by atoms with Crippen LogP contribution in [-0.2, 0) is 31.1 Å². The zero-order chi connectivity index (χ0) is 20.2. The first-order valence-corrected chi connectivity index (χ1v) is 9.43. The fourth-order valence-electron chi connectivity index (χ4n) is 3.55. The van der Waals surface area contributed by atoms with Gasteiger partial charge in [-0.05, 0) is 41.3 Å². The molecule has 144 valence electrons. The van der Waals surface area contributed by atoms with Gasteiger partial charge in [0, 0.05) is 16.3 Å². The molecule has 1 saturated heterocycles. The second-order valence-corrected chi connectivity index (χ2v) is 8.05. The van der Waals surface area contributed by atoms with E-state index >= 15 is 0 Å². The lowest BCUT2D eigenvalue weighted by atomic mass is 9.80. The van der Waals surface area contributed by atoms with Crippen LogP contribution in [-0.4, -0.2) is 49.6 Å². The van der Waals surface area contributed by atoms with E-state index in [-0.39, 0.29) is 33.1 Å². The fourth-order valence-corrected chi connectivity index (χ4v) is 4.35. The van der Waals surface area contributed by atoms with Crippen LogP contribution in [0, 0.1) is 0 Å². The number of carbonyl (C=O) groups excluding carboxylic acids is 3. The summed E-state index contributed by atoms with van der Waals surface area (Å²) < 4.78 is 4.11. The topological polar surface area (TPSA) is 121 Å². The van der Waals surface area contributed by atoms with Crippen LogP contribution in [0.15, 0.2) is 18.2 Å². The molecule has 1 fully saturated rings. The summed E-state index contributed by atoms with van der Waals surface area (Å²) >= 11 is 12.7. The summed E-state index contributed by atoms with van der Waals surface area (Å²) in [6.45, 7) is -0.870. The van der Waals surface area contributed by atoms with Crippen LogP contribution < -0.4 is 4.90 Å². The van der Waals surface area contributed by atoms with E-state index in [2.05, 4.69) is 9.36 Å². The molecular weight excluding hydrogens is 431 g/mol. The molecular formula is C16H10Cl2N4O5S. The summed E-state index contributed by atoms with van der Waals surface area (Å²) in [6.07, 6.45) is -0.425. The smallest absolute Gasteiger partial charge is 0.323 e. The molecule has 1 atom stereocenters. The molecule has 12 heteroatoms. The van der Waals surface area contributed by atoms with Crippen LogP contribution in [0.2, 0.25) is 9.49 Å². The summed E-state index contributed by atoms with van der Waals surface area (Å²) in [5.74, 6) is -3.19. The predicted octanol–water partition coefficient (Wildman–Crippen LogP) is 1.47. The highest BCUT2D eigenvalue weighted by Crippen LogP contribution is 2.49. The Bertz CT molecular complexity index is 1060. The Kier molecular flexibility index (Phi) is 4.36. The number of carboxylic acid groups (broad SMARTS) is 1. The average Bonchev–Trinajstić information content (AvgIpc) is 3.22. The van der Waals surface area contributed by atoms with E-state index in [1.807, 2.05) is 0 Å². The molecule has 28 heavy (non-hydrogen) atoms. The monoisotopic (exact) mass is 440 g/mol. The van der Waals surface area contributed by atoms with E-state index in [0.717, 1.165) is 21.3 Å². The highest BCUT2D eigenvalue weighted by molar-refractivity contribution is 7.10. The average molecular weight is 441 g/mol. The molecule has 0 saturated carbocycles. The van der Waals surface area contributed by atoms with Gasteiger partial charge >= 0.3 is 5.97 Å². The van der Waals surface area contributed by atoms with Gasteiger partial charge in [-0.1, -0.05) is 11.6 Å². The molecule has 9 nitrogen and oxygen atoms in total. The number of fused-ring (bicyclic) bond motifs is 2. The third-order valence-corrected chi connectivity index (χ3v) is 5.75. The van der Waals surface area contributed by atoms with Gasteiger partial charge in [0.05, 0.1) is 13.0 Å². The molecule has 1 spiro atoms. The number of benzene rings is 1. The van der Waals surface area contributed by atoms with Crippen molar-refractivity contribution < 1.29 is 24.3 Å². The van der Waals surface area contributed by atoms with Crippen molar-refractivity contribution in [1.29, 1.82) is 0 Å². The van der Waals surface area contributed by atoms with E-state index in [4.69, 9.17) is 28.3 Å². The fraction of sp³-hybridized carbons (Fsp3) is 0.250. The quantitative estimate of drug-likeness (QED) is 0.564. The molecule has 3 heterocycles. The van der Waals surface area contributed by atoms with Gasteiger partial charge in [-0.2, -0.15) is 4.37 Å². The molecule has 2 aliphatic rings. The number of carboxylic acids is 1. The lowest BCUT2D eigenvalue weighted by Crippen LogP contribution is -2.47. The van der Waals surface area contributed by atoms with Gasteiger partial charge in [0.25, 0.3) is 0 Å². The molecule has 0 bridgehead atoms. The van der Waals surface area contributed by atoms with Crippen molar-refractivity contribution in [3.63, 3.8) is 0 Å². The number of imide groups is 1. The lowest BCUT2D eigenvalue weighted by molar-refractivity contribution is -0.143. The van der Waals surface area contributed by atoms with Crippen molar-refractivity contribution >= 4 is 64.1 Å². The Balaban J connectivity index is 1.79. The number of hydrogen-bond donors (Lipinski definition) is 1. The number of halogens is 2. The number of carbonyl (C=O) groups is 4. The van der Waals surface area contributed by atoms with E-state index < -0.39 is 42.1 Å². The highest BCUT2D eigenvalue weighted by atomic mass is 35.5. The first-order valence-electron chi connectivity index (χ1n) is 7.90. The minimum Gasteiger partial charge on any atom is -0.480 e. The summed E-state index contributed by atoms with van der Waals surface area (Å²) in [5, 5.41) is 9.42. The largest absolute Gasteiger partial charge is 0.480 e. The molecule has 1 aromatic heterocycles. The van der Waals surface area contributed by atoms with Crippen molar-refractivity contribution in [3.05, 3.63) is 39.1 Å². The first-order chi connectivity index (χ1) is 13.2. The van der Waals surface area contributed by atoms with E-state index in [0.29, 0.717) is 0 Å². The zero-order valence-corrected chi connectivity index (χ0v) is 16.2. The van der Waals surface area contributed by atoms with Crippen LogP contribution in [0.5, 0.6) is 0 Å². The third-order valence-electron chi connectivity index (χ3n) is 4.68. The van der Waals surface area contributed by atoms with Gasteiger partial charge in [-0.3, -0.25) is 29.0 Å². The SMILES string of the molecule is O=C(O)CN1C(=O)C2(CC(=O)N(Cc3nsc(Cl)n3)C2=O)c2cc(Cl)ccc21. The van der Waals surface area contributed by atoms with Gasteiger partial charge < -0.3 is 5.11 Å². The lowest BCUT2D eigenvalue weighted by Gasteiger charge is -2.21. The van der Waals surface area contributed by atoms with Crippen LogP contribution in [0.1, 0.15) is 17.8 Å². The van der Waals surface area contributed by atoms with Gasteiger partial charge in [0.2, 0.25) is 22.2 Å². The number of anilines is 1. The normalized spacial score (nSPS) is 21.1. The number of rotatable bonds is 4. The standard InChI is InChI=1S/C16H10Cl2N4O5S/c17-7-1-2-9-8(3-7)16(13(26)21(9)6-12(24)25)4-11(23)22(14(16)27)5-10-19-15(18)28-20-10/h1-3H,4-6H2,(H,24,25). The third kappa shape index (κ3) is 2.67. The van der Waals surface area contributed by atoms with Gasteiger partial charge in [-0.25, -0.2) is 4.98 Å². The van der Waals surface area contributed by atoms with Crippen molar-refractivity contribution in [2.45, 2.75) is 18.4 Å². The van der Waals surface area contributed by atoms with Crippen molar-refractivity contribution in [3.8, 4) is 0 Å². The molecule has 1 N–H and O–H groups in total. The van der Waals surface area contributed by atoms with Crippen LogP contribution in [0.4, 0.5) is 5.69 Å². The van der Waals surface area contributed by atoms with Crippen LogP contribution in [0.25, 0.3) is 0 Å². The number of amides is 3. The maximum absolute atomic E-state index is 13.2. The van der Waals surface area contributed by atoms with Crippen molar-refractivity contribution in [2.24, 2.45) is 0 Å². The Morgan fingerprint density at radius 3 is 2.57 bits per heavy atom. The summed E-state index contributed by atoms with van der Waals surface area (Å²) in [6, 6.07) is 4.38. The first kappa shape index (κ1) is 18.8. The van der Waals surface area contributed by atoms with Crippen molar-refractivity contribution in [2.75, 3.05) is 11.4 Å². The molecule has 2 aromatic rings. The minimum atomic E-state index is -1.84. The Hall–Kier alpha value is -2.56. The molecule has 2 aliphatic heterocycles. The van der Waals surface area contributed by atoms with E-state index in [1.165, 1.54) is 18.2 Å². The molecule has 1 unspecified atom stereocenters. The maximum atomic E-state index is 13.2. The second-order valence-electron chi connectivity index (χ2n) is 6.28.